The van der Waals surface area contributed by atoms with E-state index in [0.29, 0.717) is 49.5 Å². The molecular weight excluding hydrogens is 508 g/mol. The van der Waals surface area contributed by atoms with Gasteiger partial charge in [0.2, 0.25) is 5.91 Å². The van der Waals surface area contributed by atoms with Crippen molar-refractivity contribution in [2.75, 3.05) is 31.1 Å². The Morgan fingerprint density at radius 1 is 1.34 bits per heavy atom. The van der Waals surface area contributed by atoms with Gasteiger partial charge in [0.05, 0.1) is 34.5 Å². The van der Waals surface area contributed by atoms with Crippen molar-refractivity contribution < 1.29 is 18.3 Å². The fraction of sp³-hybridized carbons (Fsp3) is 0.357. The smallest absolute Gasteiger partial charge is 0.245 e. The summed E-state index contributed by atoms with van der Waals surface area (Å²) in [6.07, 6.45) is 2.38. The van der Waals surface area contributed by atoms with E-state index >= 15 is 4.39 Å². The van der Waals surface area contributed by atoms with Gasteiger partial charge < -0.3 is 14.5 Å². The lowest BCUT2D eigenvalue weighted by molar-refractivity contribution is -0.136. The van der Waals surface area contributed by atoms with Crippen molar-refractivity contribution in [3.8, 4) is 17.2 Å². The average molecular weight is 534 g/mol. The molecule has 1 atom stereocenters. The number of rotatable bonds is 4. The van der Waals surface area contributed by atoms with Crippen LogP contribution in [-0.2, 0) is 22.6 Å². The molecule has 0 unspecified atom stereocenters. The maximum absolute atomic E-state index is 15.1. The second-order valence-electron chi connectivity index (χ2n) is 10.2. The topological polar surface area (TPSA) is 82.4 Å². The van der Waals surface area contributed by atoms with Gasteiger partial charge in [-0.25, -0.2) is 18.7 Å². The third-order valence-electron chi connectivity index (χ3n) is 7.84. The molecule has 38 heavy (non-hydrogen) atoms. The van der Waals surface area contributed by atoms with Gasteiger partial charge in [0.1, 0.15) is 29.1 Å². The van der Waals surface area contributed by atoms with Crippen molar-refractivity contribution in [3.05, 3.63) is 75.4 Å². The number of amides is 1. The van der Waals surface area contributed by atoms with Crippen LogP contribution in [0.1, 0.15) is 39.9 Å². The second kappa shape index (κ2) is 9.26. The number of thiazole rings is 1. The summed E-state index contributed by atoms with van der Waals surface area (Å²) in [5.41, 5.74) is 4.79. The predicted octanol–water partition coefficient (Wildman–Crippen LogP) is 4.70. The standard InChI is InChI=1S/C28H25F2N5O2S/c1-3-24(36)35-13-28(14-35)6-7-34(12-28)27-19(10-31)25(18-5-4-17(29)8-21(18)30)20-11-37-23(9-22(20)33-27)26-16(2)32-15-38-26/h3-5,8,15,23H,1,6-7,9,11-14H2,2H3/t23-/m1/s1. The maximum Gasteiger partial charge on any atom is 0.245 e. The first kappa shape index (κ1) is 24.6. The molecule has 5 heterocycles. The van der Waals surface area contributed by atoms with Crippen LogP contribution in [0.15, 0.2) is 36.4 Å². The Morgan fingerprint density at radius 2 is 2.16 bits per heavy atom. The zero-order valence-corrected chi connectivity index (χ0v) is 21.7. The molecule has 0 saturated carbocycles. The summed E-state index contributed by atoms with van der Waals surface area (Å²) in [5, 5.41) is 10.3. The molecule has 3 aliphatic heterocycles. The number of fused-ring (bicyclic) bond motifs is 1. The Hall–Kier alpha value is -3.68. The Labute approximate surface area is 223 Å². The van der Waals surface area contributed by atoms with Crippen LogP contribution in [0.3, 0.4) is 0 Å². The first-order valence-corrected chi connectivity index (χ1v) is 13.3. The zero-order chi connectivity index (χ0) is 26.6. The molecule has 7 nitrogen and oxygen atoms in total. The van der Waals surface area contributed by atoms with Gasteiger partial charge in [0.15, 0.2) is 0 Å². The number of anilines is 1. The van der Waals surface area contributed by atoms with E-state index < -0.39 is 11.6 Å². The summed E-state index contributed by atoms with van der Waals surface area (Å²) in [6, 6.07) is 5.68. The molecule has 0 aliphatic carbocycles. The van der Waals surface area contributed by atoms with E-state index in [9.17, 15) is 14.4 Å². The minimum Gasteiger partial charge on any atom is -0.367 e. The van der Waals surface area contributed by atoms with E-state index in [1.54, 1.807) is 10.4 Å². The summed E-state index contributed by atoms with van der Waals surface area (Å²) in [4.78, 5) is 26.2. The first-order valence-electron chi connectivity index (χ1n) is 12.4. The molecule has 0 bridgehead atoms. The lowest BCUT2D eigenvalue weighted by Crippen LogP contribution is -2.59. The largest absolute Gasteiger partial charge is 0.367 e. The molecule has 2 fully saturated rings. The van der Waals surface area contributed by atoms with Crippen molar-refractivity contribution in [3.63, 3.8) is 0 Å². The maximum atomic E-state index is 15.1. The van der Waals surface area contributed by atoms with Crippen molar-refractivity contribution >= 4 is 23.1 Å². The van der Waals surface area contributed by atoms with E-state index in [1.807, 2.05) is 6.92 Å². The van der Waals surface area contributed by atoms with Crippen molar-refractivity contribution in [2.45, 2.75) is 32.5 Å². The summed E-state index contributed by atoms with van der Waals surface area (Å²) >= 11 is 1.52. The highest BCUT2D eigenvalue weighted by Gasteiger charge is 2.49. The van der Waals surface area contributed by atoms with Crippen LogP contribution in [0.2, 0.25) is 0 Å². The summed E-state index contributed by atoms with van der Waals surface area (Å²) in [7, 11) is 0. The van der Waals surface area contributed by atoms with Crippen LogP contribution in [0, 0.1) is 35.3 Å². The Bertz CT molecular complexity index is 1510. The van der Waals surface area contributed by atoms with Crippen molar-refractivity contribution in [1.82, 2.24) is 14.9 Å². The van der Waals surface area contributed by atoms with Crippen molar-refractivity contribution in [2.24, 2.45) is 5.41 Å². The molecule has 10 heteroatoms. The molecule has 3 aromatic rings. The van der Waals surface area contributed by atoms with Crippen LogP contribution in [0.5, 0.6) is 0 Å². The number of hydrogen-bond donors (Lipinski definition) is 0. The van der Waals surface area contributed by atoms with Gasteiger partial charge in [0.25, 0.3) is 0 Å². The Balaban J connectivity index is 1.43. The number of aromatic nitrogens is 2. The highest BCUT2D eigenvalue weighted by atomic mass is 32.1. The first-order chi connectivity index (χ1) is 18.3. The van der Waals surface area contributed by atoms with E-state index in [4.69, 9.17) is 9.72 Å². The number of aryl methyl sites for hydroxylation is 1. The molecule has 3 aliphatic rings. The molecule has 6 rings (SSSR count). The minimum atomic E-state index is -0.739. The van der Waals surface area contributed by atoms with Gasteiger partial charge in [0, 0.05) is 60.8 Å². The number of ether oxygens (including phenoxy) is 1. The molecule has 1 aromatic carbocycles. The second-order valence-corrected chi connectivity index (χ2v) is 11.1. The molecule has 1 amide bonds. The third-order valence-corrected chi connectivity index (χ3v) is 8.86. The molecule has 0 N–H and O–H groups in total. The molecule has 194 valence electrons. The number of carbonyl (C=O) groups is 1. The number of halogens is 2. The van der Waals surface area contributed by atoms with E-state index in [0.717, 1.165) is 28.8 Å². The van der Waals surface area contributed by atoms with Crippen LogP contribution < -0.4 is 4.90 Å². The number of hydrogen-bond acceptors (Lipinski definition) is 7. The molecular formula is C28H25F2N5O2S. The monoisotopic (exact) mass is 533 g/mol. The number of pyridine rings is 1. The van der Waals surface area contributed by atoms with Gasteiger partial charge in [-0.3, -0.25) is 4.79 Å². The van der Waals surface area contributed by atoms with Crippen molar-refractivity contribution in [1.29, 1.82) is 5.26 Å². The highest BCUT2D eigenvalue weighted by Crippen LogP contribution is 2.45. The Morgan fingerprint density at radius 3 is 2.84 bits per heavy atom. The van der Waals surface area contributed by atoms with Gasteiger partial charge in [-0.1, -0.05) is 6.58 Å². The van der Waals surface area contributed by atoms with Crippen LogP contribution in [0.4, 0.5) is 14.6 Å². The number of nitrogens with zero attached hydrogens (tertiary/aromatic N) is 5. The van der Waals surface area contributed by atoms with Gasteiger partial charge in [-0.05, 0) is 31.6 Å². The number of carbonyl (C=O) groups excluding carboxylic acids is 1. The lowest BCUT2D eigenvalue weighted by atomic mass is 9.79. The summed E-state index contributed by atoms with van der Waals surface area (Å²) in [6.45, 7) is 8.20. The van der Waals surface area contributed by atoms with E-state index in [-0.39, 0.29) is 35.2 Å². The molecule has 2 saturated heterocycles. The van der Waals surface area contributed by atoms with Crippen LogP contribution in [0.25, 0.3) is 11.1 Å². The number of likely N-dealkylation sites (tertiary alicyclic amines) is 1. The highest BCUT2D eigenvalue weighted by molar-refractivity contribution is 7.09. The summed E-state index contributed by atoms with van der Waals surface area (Å²) < 4.78 is 35.1. The van der Waals surface area contributed by atoms with E-state index in [2.05, 4.69) is 22.5 Å². The third kappa shape index (κ3) is 3.97. The van der Waals surface area contributed by atoms with Gasteiger partial charge in [-0.15, -0.1) is 11.3 Å². The average Bonchev–Trinajstić information content (AvgIpc) is 3.53. The normalized spacial score (nSPS) is 19.7. The molecule has 1 spiro atoms. The molecule has 0 radical (unpaired) electrons. The van der Waals surface area contributed by atoms with E-state index in [1.165, 1.54) is 29.5 Å². The number of benzene rings is 1. The fourth-order valence-electron chi connectivity index (χ4n) is 5.94. The SMILES string of the molecule is C=CC(=O)N1CC2(CCN(c3nc4c(c(-c5ccc(F)cc5F)c3C#N)CO[C@@H](c3scnc3C)C4)C2)C1. The van der Waals surface area contributed by atoms with Crippen LogP contribution >= 0.6 is 11.3 Å². The fourth-order valence-corrected chi connectivity index (χ4v) is 6.79. The zero-order valence-electron chi connectivity index (χ0n) is 20.8. The van der Waals surface area contributed by atoms with Gasteiger partial charge >= 0.3 is 0 Å². The predicted molar refractivity (Wildman–Crippen MR) is 138 cm³/mol. The van der Waals surface area contributed by atoms with Gasteiger partial charge in [-0.2, -0.15) is 5.26 Å². The minimum absolute atomic E-state index is 0.0737. The summed E-state index contributed by atoms with van der Waals surface area (Å²) in [5.74, 6) is -1.01. The van der Waals surface area contributed by atoms with Crippen LogP contribution in [-0.4, -0.2) is 47.0 Å². The number of nitriles is 1. The quantitative estimate of drug-likeness (QED) is 0.452. The molecule has 2 aromatic heterocycles. The lowest BCUT2D eigenvalue weighted by Gasteiger charge is -2.47. The Kier molecular flexibility index (Phi) is 6.00.